The number of methoxy groups -OCH3 is 1. The van der Waals surface area contributed by atoms with Crippen LogP contribution in [0.25, 0.3) is 0 Å². The lowest BCUT2D eigenvalue weighted by atomic mass is 10.1. The summed E-state index contributed by atoms with van der Waals surface area (Å²) >= 11 is 0. The number of benzene rings is 1. The van der Waals surface area contributed by atoms with Gasteiger partial charge in [-0.05, 0) is 31.9 Å². The molecule has 1 aliphatic rings. The van der Waals surface area contributed by atoms with Crippen molar-refractivity contribution in [2.45, 2.75) is 38.0 Å². The van der Waals surface area contributed by atoms with E-state index in [0.29, 0.717) is 12.3 Å². The summed E-state index contributed by atoms with van der Waals surface area (Å²) in [5.41, 5.74) is 0. The SMILES string of the molecule is COc1cccc(OCC(O)CNC(C)C2CCCO2)c1. The van der Waals surface area contributed by atoms with Gasteiger partial charge >= 0.3 is 0 Å². The van der Waals surface area contributed by atoms with Crippen molar-refractivity contribution in [2.75, 3.05) is 26.9 Å². The number of hydrogen-bond donors (Lipinski definition) is 2. The minimum absolute atomic E-state index is 0.248. The van der Waals surface area contributed by atoms with Crippen molar-refractivity contribution in [3.63, 3.8) is 0 Å². The lowest BCUT2D eigenvalue weighted by molar-refractivity contribution is 0.0675. The van der Waals surface area contributed by atoms with Crippen molar-refractivity contribution in [3.05, 3.63) is 24.3 Å². The van der Waals surface area contributed by atoms with E-state index in [0.717, 1.165) is 25.2 Å². The summed E-state index contributed by atoms with van der Waals surface area (Å²) in [5.74, 6) is 1.44. The lowest BCUT2D eigenvalue weighted by Crippen LogP contribution is -2.42. The maximum atomic E-state index is 9.97. The number of rotatable bonds is 8. The molecule has 0 saturated carbocycles. The maximum Gasteiger partial charge on any atom is 0.123 e. The Bertz CT molecular complexity index is 420. The summed E-state index contributed by atoms with van der Waals surface area (Å²) in [5, 5.41) is 13.3. The molecule has 1 heterocycles. The third kappa shape index (κ3) is 5.19. The zero-order valence-corrected chi connectivity index (χ0v) is 12.7. The van der Waals surface area contributed by atoms with Gasteiger partial charge in [0.05, 0.1) is 13.2 Å². The average molecular weight is 295 g/mol. The second-order valence-electron chi connectivity index (χ2n) is 5.39. The zero-order valence-electron chi connectivity index (χ0n) is 12.7. The van der Waals surface area contributed by atoms with Crippen molar-refractivity contribution >= 4 is 0 Å². The number of hydrogen-bond acceptors (Lipinski definition) is 5. The van der Waals surface area contributed by atoms with Gasteiger partial charge in [-0.2, -0.15) is 0 Å². The van der Waals surface area contributed by atoms with Crippen LogP contribution in [-0.2, 0) is 4.74 Å². The van der Waals surface area contributed by atoms with Gasteiger partial charge in [-0.3, -0.25) is 0 Å². The maximum absolute atomic E-state index is 9.97. The van der Waals surface area contributed by atoms with Crippen LogP contribution in [0.5, 0.6) is 11.5 Å². The largest absolute Gasteiger partial charge is 0.497 e. The lowest BCUT2D eigenvalue weighted by Gasteiger charge is -2.22. The van der Waals surface area contributed by atoms with E-state index in [1.165, 1.54) is 0 Å². The Hall–Kier alpha value is -1.30. The Labute approximate surface area is 126 Å². The molecule has 0 radical (unpaired) electrons. The van der Waals surface area contributed by atoms with Crippen LogP contribution < -0.4 is 14.8 Å². The van der Waals surface area contributed by atoms with Crippen LogP contribution in [0.15, 0.2) is 24.3 Å². The topological polar surface area (TPSA) is 60.0 Å². The van der Waals surface area contributed by atoms with Gasteiger partial charge in [0.25, 0.3) is 0 Å². The van der Waals surface area contributed by atoms with Crippen LogP contribution in [0, 0.1) is 0 Å². The molecular formula is C16H25NO4. The molecule has 0 spiro atoms. The molecule has 5 heteroatoms. The van der Waals surface area contributed by atoms with E-state index in [2.05, 4.69) is 12.2 Å². The fourth-order valence-corrected chi connectivity index (χ4v) is 2.39. The van der Waals surface area contributed by atoms with E-state index in [-0.39, 0.29) is 18.8 Å². The summed E-state index contributed by atoms with van der Waals surface area (Å²) in [6.07, 6.45) is 1.92. The minimum atomic E-state index is -0.556. The van der Waals surface area contributed by atoms with E-state index in [1.807, 2.05) is 18.2 Å². The minimum Gasteiger partial charge on any atom is -0.497 e. The molecule has 1 aliphatic heterocycles. The Kier molecular flexibility index (Phi) is 6.29. The molecule has 3 unspecified atom stereocenters. The van der Waals surface area contributed by atoms with Crippen LogP contribution in [0.2, 0.25) is 0 Å². The molecule has 2 rings (SSSR count). The molecule has 0 amide bonds. The molecular weight excluding hydrogens is 270 g/mol. The zero-order chi connectivity index (χ0) is 15.1. The first-order valence-corrected chi connectivity index (χ1v) is 7.49. The smallest absolute Gasteiger partial charge is 0.123 e. The van der Waals surface area contributed by atoms with Gasteiger partial charge in [0.15, 0.2) is 0 Å². The Morgan fingerprint density at radius 1 is 1.43 bits per heavy atom. The quantitative estimate of drug-likeness (QED) is 0.763. The molecule has 3 atom stereocenters. The highest BCUT2D eigenvalue weighted by atomic mass is 16.5. The molecule has 1 saturated heterocycles. The van der Waals surface area contributed by atoms with Crippen molar-refractivity contribution in [1.29, 1.82) is 0 Å². The Morgan fingerprint density at radius 3 is 2.95 bits per heavy atom. The number of aliphatic hydroxyl groups excluding tert-OH is 1. The van der Waals surface area contributed by atoms with Gasteiger partial charge in [-0.1, -0.05) is 6.07 Å². The highest BCUT2D eigenvalue weighted by molar-refractivity contribution is 5.32. The second kappa shape index (κ2) is 8.22. The number of aliphatic hydroxyl groups is 1. The standard InChI is InChI=1S/C16H25NO4/c1-12(16-7-4-8-20-16)17-10-13(18)11-21-15-6-3-5-14(9-15)19-2/h3,5-6,9,12-13,16-18H,4,7-8,10-11H2,1-2H3. The molecule has 1 aromatic rings. The van der Waals surface area contributed by atoms with E-state index < -0.39 is 6.10 Å². The molecule has 2 N–H and O–H groups in total. The van der Waals surface area contributed by atoms with Crippen molar-refractivity contribution in [2.24, 2.45) is 0 Å². The van der Waals surface area contributed by atoms with Gasteiger partial charge in [-0.25, -0.2) is 0 Å². The molecule has 1 aromatic carbocycles. The summed E-state index contributed by atoms with van der Waals surface area (Å²) < 4.78 is 16.3. The Morgan fingerprint density at radius 2 is 2.24 bits per heavy atom. The first-order chi connectivity index (χ1) is 10.2. The molecule has 0 bridgehead atoms. The monoisotopic (exact) mass is 295 g/mol. The number of ether oxygens (including phenoxy) is 3. The van der Waals surface area contributed by atoms with Gasteiger partial charge in [-0.15, -0.1) is 0 Å². The Balaban J connectivity index is 1.67. The van der Waals surface area contributed by atoms with Crippen molar-refractivity contribution in [3.8, 4) is 11.5 Å². The summed E-state index contributed by atoms with van der Waals surface area (Å²) in [4.78, 5) is 0. The summed E-state index contributed by atoms with van der Waals surface area (Å²) in [6, 6.07) is 7.61. The van der Waals surface area contributed by atoms with Gasteiger partial charge in [0.1, 0.15) is 24.2 Å². The van der Waals surface area contributed by atoms with Gasteiger partial charge in [0, 0.05) is 25.3 Å². The highest BCUT2D eigenvalue weighted by Gasteiger charge is 2.22. The van der Waals surface area contributed by atoms with E-state index in [9.17, 15) is 5.11 Å². The summed E-state index contributed by atoms with van der Waals surface area (Å²) in [6.45, 7) is 3.67. The molecule has 118 valence electrons. The van der Waals surface area contributed by atoms with Crippen molar-refractivity contribution < 1.29 is 19.3 Å². The summed E-state index contributed by atoms with van der Waals surface area (Å²) in [7, 11) is 1.62. The third-order valence-electron chi connectivity index (χ3n) is 3.68. The fourth-order valence-electron chi connectivity index (χ4n) is 2.39. The fraction of sp³-hybridized carbons (Fsp3) is 0.625. The second-order valence-corrected chi connectivity index (χ2v) is 5.39. The van der Waals surface area contributed by atoms with Crippen LogP contribution in [-0.4, -0.2) is 50.2 Å². The van der Waals surface area contributed by atoms with E-state index in [4.69, 9.17) is 14.2 Å². The highest BCUT2D eigenvalue weighted by Crippen LogP contribution is 2.19. The van der Waals surface area contributed by atoms with Crippen LogP contribution >= 0.6 is 0 Å². The van der Waals surface area contributed by atoms with Gasteiger partial charge in [0.2, 0.25) is 0 Å². The van der Waals surface area contributed by atoms with Gasteiger partial charge < -0.3 is 24.6 Å². The van der Waals surface area contributed by atoms with Crippen molar-refractivity contribution in [1.82, 2.24) is 5.32 Å². The van der Waals surface area contributed by atoms with Crippen LogP contribution in [0.1, 0.15) is 19.8 Å². The van der Waals surface area contributed by atoms with E-state index in [1.54, 1.807) is 13.2 Å². The molecule has 5 nitrogen and oxygen atoms in total. The predicted molar refractivity (Wildman–Crippen MR) is 80.9 cm³/mol. The third-order valence-corrected chi connectivity index (χ3v) is 3.68. The first kappa shape index (κ1) is 16.1. The first-order valence-electron chi connectivity index (χ1n) is 7.49. The average Bonchev–Trinajstić information content (AvgIpc) is 3.05. The van der Waals surface area contributed by atoms with Crippen LogP contribution in [0.3, 0.4) is 0 Å². The van der Waals surface area contributed by atoms with E-state index >= 15 is 0 Å². The predicted octanol–water partition coefficient (Wildman–Crippen LogP) is 1.59. The molecule has 21 heavy (non-hydrogen) atoms. The molecule has 0 aliphatic carbocycles. The molecule has 0 aromatic heterocycles. The normalized spacial score (nSPS) is 21.0. The number of nitrogens with one attached hydrogen (secondary N) is 1. The van der Waals surface area contributed by atoms with Crippen LogP contribution in [0.4, 0.5) is 0 Å². The molecule has 1 fully saturated rings.